The summed E-state index contributed by atoms with van der Waals surface area (Å²) in [5, 5.41) is 12.4. The van der Waals surface area contributed by atoms with E-state index in [1.54, 1.807) is 18.3 Å². The maximum atomic E-state index is 13.4. The smallest absolute Gasteiger partial charge is 0.126 e. The fourth-order valence-corrected chi connectivity index (χ4v) is 3.73. The fourth-order valence-electron chi connectivity index (χ4n) is 3.01. The molecule has 2 aromatic rings. The van der Waals surface area contributed by atoms with E-state index >= 15 is 0 Å². The number of aryl methyl sites for hydroxylation is 1. The van der Waals surface area contributed by atoms with Crippen LogP contribution < -0.4 is 0 Å². The number of nitrogens with zero attached hydrogens (tertiary/aromatic N) is 1. The molecule has 2 atom stereocenters. The van der Waals surface area contributed by atoms with Crippen molar-refractivity contribution < 1.29 is 14.2 Å². The number of rotatable bonds is 5. The van der Waals surface area contributed by atoms with Crippen molar-refractivity contribution in [3.8, 4) is 0 Å². The van der Waals surface area contributed by atoms with Gasteiger partial charge in [0.2, 0.25) is 0 Å². The highest BCUT2D eigenvalue weighted by atomic mass is 32.1. The molecule has 2 unspecified atom stereocenters. The molecule has 3 nitrogen and oxygen atoms in total. The van der Waals surface area contributed by atoms with Gasteiger partial charge in [-0.15, -0.1) is 11.3 Å². The van der Waals surface area contributed by atoms with E-state index in [4.69, 9.17) is 4.74 Å². The van der Waals surface area contributed by atoms with E-state index in [-0.39, 0.29) is 11.9 Å². The zero-order chi connectivity index (χ0) is 16.2. The van der Waals surface area contributed by atoms with Gasteiger partial charge in [0, 0.05) is 24.0 Å². The zero-order valence-corrected chi connectivity index (χ0v) is 14.1. The third-order valence-corrected chi connectivity index (χ3v) is 5.30. The molecule has 0 radical (unpaired) electrons. The Morgan fingerprint density at radius 3 is 3.04 bits per heavy atom. The van der Waals surface area contributed by atoms with Gasteiger partial charge in [0.1, 0.15) is 5.82 Å². The first-order valence-electron chi connectivity index (χ1n) is 7.92. The average Bonchev–Trinajstić information content (AvgIpc) is 3.07. The number of thiophene rings is 1. The third kappa shape index (κ3) is 4.18. The maximum absolute atomic E-state index is 13.4. The lowest BCUT2D eigenvalue weighted by atomic mass is 10.0. The minimum absolute atomic E-state index is 0.166. The van der Waals surface area contributed by atoms with Gasteiger partial charge in [0.15, 0.2) is 0 Å². The normalized spacial score (nSPS) is 20.6. The number of halogens is 1. The van der Waals surface area contributed by atoms with Crippen LogP contribution in [0.15, 0.2) is 35.7 Å². The maximum Gasteiger partial charge on any atom is 0.126 e. The lowest BCUT2D eigenvalue weighted by Gasteiger charge is -2.36. The molecule has 2 heterocycles. The van der Waals surface area contributed by atoms with Gasteiger partial charge in [-0.05, 0) is 42.0 Å². The lowest BCUT2D eigenvalue weighted by molar-refractivity contribution is -0.0296. The van der Waals surface area contributed by atoms with E-state index in [0.717, 1.165) is 23.5 Å². The molecule has 1 aromatic carbocycles. The molecule has 1 N–H and O–H groups in total. The van der Waals surface area contributed by atoms with Gasteiger partial charge in [0.05, 0.1) is 19.3 Å². The van der Waals surface area contributed by atoms with Crippen LogP contribution in [-0.4, -0.2) is 35.8 Å². The number of benzene rings is 1. The molecular weight excluding hydrogens is 313 g/mol. The van der Waals surface area contributed by atoms with Gasteiger partial charge in [-0.2, -0.15) is 0 Å². The van der Waals surface area contributed by atoms with Crippen LogP contribution in [0.5, 0.6) is 0 Å². The highest BCUT2D eigenvalue weighted by Gasteiger charge is 2.26. The predicted molar refractivity (Wildman–Crippen MR) is 90.0 cm³/mol. The van der Waals surface area contributed by atoms with Crippen molar-refractivity contribution >= 4 is 11.3 Å². The molecule has 1 fully saturated rings. The molecule has 23 heavy (non-hydrogen) atoms. The Balaban J connectivity index is 1.67. The van der Waals surface area contributed by atoms with Crippen LogP contribution in [0.25, 0.3) is 0 Å². The van der Waals surface area contributed by atoms with Gasteiger partial charge in [-0.25, -0.2) is 4.39 Å². The summed E-state index contributed by atoms with van der Waals surface area (Å²) in [5.41, 5.74) is 1.77. The van der Waals surface area contributed by atoms with Gasteiger partial charge in [-0.1, -0.05) is 18.2 Å². The van der Waals surface area contributed by atoms with Crippen LogP contribution in [-0.2, 0) is 11.3 Å². The molecule has 124 valence electrons. The van der Waals surface area contributed by atoms with Crippen LogP contribution in [0.4, 0.5) is 4.39 Å². The molecule has 1 aliphatic heterocycles. The minimum atomic E-state index is -0.459. The van der Waals surface area contributed by atoms with Crippen molar-refractivity contribution in [3.63, 3.8) is 0 Å². The van der Waals surface area contributed by atoms with Gasteiger partial charge in [-0.3, -0.25) is 4.90 Å². The fraction of sp³-hybridized carbons (Fsp3) is 0.444. The summed E-state index contributed by atoms with van der Waals surface area (Å²) in [5.74, 6) is -0.166. The van der Waals surface area contributed by atoms with Gasteiger partial charge >= 0.3 is 0 Å². The SMILES string of the molecule is Cc1cc(CN2CCOCC2CC(O)c2cccs2)ccc1F. The predicted octanol–water partition coefficient (Wildman–Crippen LogP) is 3.52. The van der Waals surface area contributed by atoms with Crippen molar-refractivity contribution in [1.29, 1.82) is 0 Å². The molecule has 0 spiro atoms. The molecule has 3 rings (SSSR count). The first-order chi connectivity index (χ1) is 11.1. The molecule has 0 saturated carbocycles. The molecule has 0 aliphatic carbocycles. The monoisotopic (exact) mass is 335 g/mol. The standard InChI is InChI=1S/C18H22FNO2S/c1-13-9-14(4-5-16(13)19)11-20-6-7-22-12-15(20)10-17(21)18-3-2-8-23-18/h2-5,8-9,15,17,21H,6-7,10-12H2,1H3. The molecule has 1 aromatic heterocycles. The number of hydrogen-bond donors (Lipinski definition) is 1. The van der Waals surface area contributed by atoms with E-state index in [0.29, 0.717) is 25.2 Å². The first-order valence-corrected chi connectivity index (χ1v) is 8.80. The Kier molecular flexibility index (Phi) is 5.43. The number of aliphatic hydroxyl groups is 1. The van der Waals surface area contributed by atoms with E-state index < -0.39 is 6.10 Å². The van der Waals surface area contributed by atoms with E-state index in [2.05, 4.69) is 4.90 Å². The summed E-state index contributed by atoms with van der Waals surface area (Å²) in [6.45, 7) is 4.70. The zero-order valence-electron chi connectivity index (χ0n) is 13.2. The highest BCUT2D eigenvalue weighted by Crippen LogP contribution is 2.26. The second-order valence-electron chi connectivity index (χ2n) is 6.05. The Bertz CT molecular complexity index is 632. The summed E-state index contributed by atoms with van der Waals surface area (Å²) in [6.07, 6.45) is 0.194. The largest absolute Gasteiger partial charge is 0.388 e. The van der Waals surface area contributed by atoms with Crippen LogP contribution in [0.3, 0.4) is 0 Å². The van der Waals surface area contributed by atoms with Crippen LogP contribution >= 0.6 is 11.3 Å². The second-order valence-corrected chi connectivity index (χ2v) is 7.03. The van der Waals surface area contributed by atoms with Crippen LogP contribution in [0.1, 0.15) is 28.5 Å². The summed E-state index contributed by atoms with van der Waals surface area (Å²) in [6, 6.07) is 9.36. The van der Waals surface area contributed by atoms with Crippen LogP contribution in [0.2, 0.25) is 0 Å². The van der Waals surface area contributed by atoms with Crippen molar-refractivity contribution in [3.05, 3.63) is 57.5 Å². The lowest BCUT2D eigenvalue weighted by Crippen LogP contribution is -2.45. The molecule has 1 saturated heterocycles. The second kappa shape index (κ2) is 7.53. The summed E-state index contributed by atoms with van der Waals surface area (Å²) in [7, 11) is 0. The van der Waals surface area contributed by atoms with Crippen molar-refractivity contribution in [2.75, 3.05) is 19.8 Å². The molecule has 0 amide bonds. The van der Waals surface area contributed by atoms with E-state index in [1.807, 2.05) is 29.6 Å². The Hall–Kier alpha value is -1.27. The van der Waals surface area contributed by atoms with E-state index in [1.165, 1.54) is 6.07 Å². The summed E-state index contributed by atoms with van der Waals surface area (Å²) in [4.78, 5) is 3.32. The molecule has 1 aliphatic rings. The Morgan fingerprint density at radius 1 is 1.43 bits per heavy atom. The van der Waals surface area contributed by atoms with Crippen molar-refractivity contribution in [2.45, 2.75) is 32.0 Å². The number of morpholine rings is 1. The van der Waals surface area contributed by atoms with E-state index in [9.17, 15) is 9.50 Å². The molecule has 0 bridgehead atoms. The topological polar surface area (TPSA) is 32.7 Å². The first kappa shape index (κ1) is 16.6. The number of aliphatic hydroxyl groups excluding tert-OH is 1. The molecule has 5 heteroatoms. The van der Waals surface area contributed by atoms with Gasteiger partial charge in [0.25, 0.3) is 0 Å². The third-order valence-electron chi connectivity index (χ3n) is 4.32. The van der Waals surface area contributed by atoms with Gasteiger partial charge < -0.3 is 9.84 Å². The summed E-state index contributed by atoms with van der Waals surface area (Å²) >= 11 is 1.58. The Labute approximate surface area is 140 Å². The molecular formula is C18H22FNO2S. The highest BCUT2D eigenvalue weighted by molar-refractivity contribution is 7.10. The van der Waals surface area contributed by atoms with Crippen LogP contribution in [0, 0.1) is 12.7 Å². The number of hydrogen-bond acceptors (Lipinski definition) is 4. The quantitative estimate of drug-likeness (QED) is 0.907. The van der Waals surface area contributed by atoms with Crippen molar-refractivity contribution in [2.24, 2.45) is 0 Å². The number of ether oxygens (including phenoxy) is 1. The van der Waals surface area contributed by atoms with Crippen molar-refractivity contribution in [1.82, 2.24) is 4.90 Å². The summed E-state index contributed by atoms with van der Waals surface area (Å²) < 4.78 is 19.0. The Morgan fingerprint density at radius 2 is 2.30 bits per heavy atom. The average molecular weight is 335 g/mol. The minimum Gasteiger partial charge on any atom is -0.388 e.